The molecule has 1 aromatic rings. The van der Waals surface area contributed by atoms with Crippen LogP contribution in [0.25, 0.3) is 0 Å². The molecule has 1 saturated heterocycles. The van der Waals surface area contributed by atoms with Gasteiger partial charge in [0.25, 0.3) is 0 Å². The molecule has 1 N–H and O–H groups in total. The smallest absolute Gasteiger partial charge is 0.0108 e. The van der Waals surface area contributed by atoms with Gasteiger partial charge in [0.2, 0.25) is 0 Å². The first-order valence-electron chi connectivity index (χ1n) is 5.56. The summed E-state index contributed by atoms with van der Waals surface area (Å²) in [6.45, 7) is 5.91. The molecule has 1 fully saturated rings. The van der Waals surface area contributed by atoms with E-state index in [-0.39, 0.29) is 24.8 Å². The fourth-order valence-corrected chi connectivity index (χ4v) is 2.68. The number of nitrogens with one attached hydrogen (secondary N) is 1. The van der Waals surface area contributed by atoms with Crippen LogP contribution in [0.1, 0.15) is 0 Å². The van der Waals surface area contributed by atoms with Gasteiger partial charge in [-0.1, -0.05) is 18.2 Å². The third-order valence-electron chi connectivity index (χ3n) is 2.63. The van der Waals surface area contributed by atoms with E-state index in [0.29, 0.717) is 0 Å². The minimum Gasteiger partial charge on any atom is -0.314 e. The zero-order chi connectivity index (χ0) is 10.3. The summed E-state index contributed by atoms with van der Waals surface area (Å²) in [5, 5.41) is 3.37. The Labute approximate surface area is 120 Å². The van der Waals surface area contributed by atoms with Crippen molar-refractivity contribution in [2.45, 2.75) is 4.90 Å². The van der Waals surface area contributed by atoms with Crippen LogP contribution in [0.5, 0.6) is 0 Å². The molecule has 0 aliphatic carbocycles. The van der Waals surface area contributed by atoms with Crippen LogP contribution in [-0.4, -0.2) is 43.4 Å². The lowest BCUT2D eigenvalue weighted by Gasteiger charge is -2.26. The molecule has 2 nitrogen and oxygen atoms in total. The molecule has 17 heavy (non-hydrogen) atoms. The Hall–Kier alpha value is 0.0700. The Morgan fingerprint density at radius 2 is 1.71 bits per heavy atom. The van der Waals surface area contributed by atoms with Crippen molar-refractivity contribution in [3.63, 3.8) is 0 Å². The number of rotatable bonds is 4. The lowest BCUT2D eigenvalue weighted by atomic mass is 10.4. The van der Waals surface area contributed by atoms with Gasteiger partial charge in [0.05, 0.1) is 0 Å². The maximum atomic E-state index is 3.37. The van der Waals surface area contributed by atoms with Gasteiger partial charge in [-0.3, -0.25) is 4.90 Å². The molecular formula is C12H20Cl2N2S. The summed E-state index contributed by atoms with van der Waals surface area (Å²) >= 11 is 1.95. The first-order chi connectivity index (χ1) is 7.45. The highest BCUT2D eigenvalue weighted by Gasteiger charge is 2.08. The standard InChI is InChI=1S/C12H18N2S.2ClH/c1-2-4-12(5-3-1)15-11-10-14-8-6-13-7-9-14;;/h1-5,13H,6-11H2;2*1H. The normalized spacial score (nSPS) is 15.8. The molecule has 0 unspecified atom stereocenters. The Morgan fingerprint density at radius 3 is 2.35 bits per heavy atom. The van der Waals surface area contributed by atoms with Gasteiger partial charge in [0.1, 0.15) is 0 Å². The summed E-state index contributed by atoms with van der Waals surface area (Å²) in [6, 6.07) is 10.6. The monoisotopic (exact) mass is 294 g/mol. The second-order valence-corrected chi connectivity index (χ2v) is 4.92. The van der Waals surface area contributed by atoms with Crippen LogP contribution in [0, 0.1) is 0 Å². The van der Waals surface area contributed by atoms with Crippen LogP contribution in [-0.2, 0) is 0 Å². The van der Waals surface area contributed by atoms with Gasteiger partial charge in [-0.05, 0) is 12.1 Å². The van der Waals surface area contributed by atoms with Crippen molar-refractivity contribution in [3.8, 4) is 0 Å². The van der Waals surface area contributed by atoms with Crippen molar-refractivity contribution in [2.24, 2.45) is 0 Å². The maximum Gasteiger partial charge on any atom is 0.0108 e. The highest BCUT2D eigenvalue weighted by molar-refractivity contribution is 7.99. The average molecular weight is 295 g/mol. The second-order valence-electron chi connectivity index (χ2n) is 3.75. The van der Waals surface area contributed by atoms with Crippen molar-refractivity contribution in [3.05, 3.63) is 30.3 Å². The molecule has 0 radical (unpaired) electrons. The van der Waals surface area contributed by atoms with E-state index in [4.69, 9.17) is 0 Å². The van der Waals surface area contributed by atoms with E-state index in [1.165, 1.54) is 30.3 Å². The minimum absolute atomic E-state index is 0. The van der Waals surface area contributed by atoms with Crippen LogP contribution in [0.4, 0.5) is 0 Å². The lowest BCUT2D eigenvalue weighted by Crippen LogP contribution is -2.44. The summed E-state index contributed by atoms with van der Waals surface area (Å²) in [4.78, 5) is 3.92. The fourth-order valence-electron chi connectivity index (χ4n) is 1.74. The van der Waals surface area contributed by atoms with Crippen molar-refractivity contribution >= 4 is 36.6 Å². The zero-order valence-corrected chi connectivity index (χ0v) is 12.3. The highest BCUT2D eigenvalue weighted by atomic mass is 35.5. The Balaban J connectivity index is 0.00000128. The SMILES string of the molecule is Cl.Cl.c1ccc(SCCN2CCNCC2)cc1. The summed E-state index contributed by atoms with van der Waals surface area (Å²) in [6.07, 6.45) is 0. The molecule has 1 aliphatic heterocycles. The Kier molecular flexibility index (Phi) is 10.1. The number of nitrogens with zero attached hydrogens (tertiary/aromatic N) is 1. The summed E-state index contributed by atoms with van der Waals surface area (Å²) < 4.78 is 0. The van der Waals surface area contributed by atoms with Crippen LogP contribution in [0.3, 0.4) is 0 Å². The van der Waals surface area contributed by atoms with Crippen molar-refractivity contribution < 1.29 is 0 Å². The van der Waals surface area contributed by atoms with E-state index in [1.807, 2.05) is 11.8 Å². The molecule has 0 aromatic heterocycles. The number of piperazine rings is 1. The van der Waals surface area contributed by atoms with Gasteiger partial charge in [0, 0.05) is 43.4 Å². The van der Waals surface area contributed by atoms with Gasteiger partial charge < -0.3 is 5.32 Å². The highest BCUT2D eigenvalue weighted by Crippen LogP contribution is 2.16. The Bertz CT molecular complexity index is 279. The van der Waals surface area contributed by atoms with E-state index in [9.17, 15) is 0 Å². The second kappa shape index (κ2) is 10.0. The number of halogens is 2. The molecular weight excluding hydrogens is 275 g/mol. The first kappa shape index (κ1) is 17.1. The van der Waals surface area contributed by atoms with Crippen molar-refractivity contribution in [1.29, 1.82) is 0 Å². The maximum absolute atomic E-state index is 3.37. The van der Waals surface area contributed by atoms with Gasteiger partial charge in [-0.25, -0.2) is 0 Å². The van der Waals surface area contributed by atoms with Crippen LogP contribution >= 0.6 is 36.6 Å². The van der Waals surface area contributed by atoms with Crippen molar-refractivity contribution in [2.75, 3.05) is 38.5 Å². The van der Waals surface area contributed by atoms with Gasteiger partial charge in [0.15, 0.2) is 0 Å². The summed E-state index contributed by atoms with van der Waals surface area (Å²) in [5.41, 5.74) is 0. The Morgan fingerprint density at radius 1 is 1.06 bits per heavy atom. The van der Waals surface area contributed by atoms with Gasteiger partial charge in [-0.15, -0.1) is 36.6 Å². The van der Waals surface area contributed by atoms with Crippen LogP contribution < -0.4 is 5.32 Å². The summed E-state index contributed by atoms with van der Waals surface area (Å²) in [7, 11) is 0. The number of benzene rings is 1. The molecule has 98 valence electrons. The predicted molar refractivity (Wildman–Crippen MR) is 81.0 cm³/mol. The quantitative estimate of drug-likeness (QED) is 0.859. The molecule has 2 rings (SSSR count). The summed E-state index contributed by atoms with van der Waals surface area (Å²) in [5.74, 6) is 1.20. The van der Waals surface area contributed by atoms with E-state index < -0.39 is 0 Å². The molecule has 0 bridgehead atoms. The predicted octanol–water partition coefficient (Wildman–Crippen LogP) is 2.53. The largest absolute Gasteiger partial charge is 0.314 e. The van der Waals surface area contributed by atoms with Crippen LogP contribution in [0.2, 0.25) is 0 Å². The third kappa shape index (κ3) is 6.53. The van der Waals surface area contributed by atoms with E-state index in [0.717, 1.165) is 13.1 Å². The number of thioether (sulfide) groups is 1. The first-order valence-corrected chi connectivity index (χ1v) is 6.54. The lowest BCUT2D eigenvalue weighted by molar-refractivity contribution is 0.255. The molecule has 1 heterocycles. The molecule has 5 heteroatoms. The van der Waals surface area contributed by atoms with E-state index in [2.05, 4.69) is 40.5 Å². The van der Waals surface area contributed by atoms with E-state index >= 15 is 0 Å². The molecule has 0 saturated carbocycles. The molecule has 0 atom stereocenters. The topological polar surface area (TPSA) is 15.3 Å². The molecule has 1 aromatic carbocycles. The third-order valence-corrected chi connectivity index (χ3v) is 3.62. The number of hydrogen-bond donors (Lipinski definition) is 1. The fraction of sp³-hybridized carbons (Fsp3) is 0.500. The molecule has 0 spiro atoms. The van der Waals surface area contributed by atoms with Gasteiger partial charge >= 0.3 is 0 Å². The van der Waals surface area contributed by atoms with Gasteiger partial charge in [-0.2, -0.15) is 0 Å². The molecule has 1 aliphatic rings. The van der Waals surface area contributed by atoms with Crippen molar-refractivity contribution in [1.82, 2.24) is 10.2 Å². The zero-order valence-electron chi connectivity index (χ0n) is 9.80. The minimum atomic E-state index is 0. The molecule has 0 amide bonds. The van der Waals surface area contributed by atoms with Crippen LogP contribution in [0.15, 0.2) is 35.2 Å². The average Bonchev–Trinajstić information content (AvgIpc) is 2.32. The number of hydrogen-bond acceptors (Lipinski definition) is 3. The van der Waals surface area contributed by atoms with E-state index in [1.54, 1.807) is 0 Å².